The molecule has 2 amide bonds. The standard InChI is InChI=1S/C21H25F5N4O3/c1-12(31)30-13-10-27-15(29-16(32)33-11-18(4-5-18)21(24,25)26)28-14(13)19(17(30,2)3)6-8-20(22,23)9-7-19/h10H,4-9,11H2,1-3H3,(H,27,28,29,32). The van der Waals surface area contributed by atoms with E-state index in [1.165, 1.54) is 18.0 Å². The molecule has 7 nitrogen and oxygen atoms in total. The van der Waals surface area contributed by atoms with Gasteiger partial charge in [-0.05, 0) is 39.5 Å². The number of amides is 2. The molecule has 0 atom stereocenters. The number of nitrogens with zero attached hydrogens (tertiary/aromatic N) is 3. The first-order valence-corrected chi connectivity index (χ1v) is 10.7. The first kappa shape index (κ1) is 23.6. The van der Waals surface area contributed by atoms with Crippen molar-refractivity contribution in [1.29, 1.82) is 0 Å². The number of carbonyl (C=O) groups is 2. The fraction of sp³-hybridized carbons (Fsp3) is 0.714. The predicted molar refractivity (Wildman–Crippen MR) is 107 cm³/mol. The van der Waals surface area contributed by atoms with E-state index in [1.807, 2.05) is 0 Å². The van der Waals surface area contributed by atoms with Gasteiger partial charge in [0.2, 0.25) is 17.8 Å². The number of halogens is 5. The molecule has 1 aliphatic heterocycles. The van der Waals surface area contributed by atoms with E-state index in [0.29, 0.717) is 11.4 Å². The summed E-state index contributed by atoms with van der Waals surface area (Å²) in [7, 11) is 0. The molecule has 33 heavy (non-hydrogen) atoms. The minimum absolute atomic E-state index is 0.0682. The third kappa shape index (κ3) is 3.71. The zero-order valence-electron chi connectivity index (χ0n) is 18.5. The Morgan fingerprint density at radius 3 is 2.24 bits per heavy atom. The number of fused-ring (bicyclic) bond motifs is 2. The average Bonchev–Trinajstić information content (AvgIpc) is 3.45. The lowest BCUT2D eigenvalue weighted by atomic mass is 9.62. The van der Waals surface area contributed by atoms with E-state index in [4.69, 9.17) is 4.74 Å². The Morgan fingerprint density at radius 1 is 1.12 bits per heavy atom. The molecule has 1 spiro atoms. The van der Waals surface area contributed by atoms with Gasteiger partial charge in [0, 0.05) is 25.2 Å². The zero-order chi connectivity index (χ0) is 24.4. The summed E-state index contributed by atoms with van der Waals surface area (Å²) in [5.74, 6) is -3.35. The fourth-order valence-electron chi connectivity index (χ4n) is 5.20. The van der Waals surface area contributed by atoms with Crippen LogP contribution in [0.4, 0.5) is 38.4 Å². The van der Waals surface area contributed by atoms with E-state index in [9.17, 15) is 31.5 Å². The number of alkyl halides is 5. The first-order valence-electron chi connectivity index (χ1n) is 10.7. The van der Waals surface area contributed by atoms with Gasteiger partial charge in [-0.1, -0.05) is 0 Å². The summed E-state index contributed by atoms with van der Waals surface area (Å²) in [6.07, 6.45) is -5.13. The maximum absolute atomic E-state index is 14.0. The molecule has 2 saturated carbocycles. The number of nitrogens with one attached hydrogen (secondary N) is 1. The largest absolute Gasteiger partial charge is 0.448 e. The Morgan fingerprint density at radius 2 is 1.73 bits per heavy atom. The highest BCUT2D eigenvalue weighted by atomic mass is 19.4. The van der Waals surface area contributed by atoms with Gasteiger partial charge >= 0.3 is 12.3 Å². The van der Waals surface area contributed by atoms with Crippen molar-refractivity contribution in [1.82, 2.24) is 9.97 Å². The highest BCUT2D eigenvalue weighted by Crippen LogP contribution is 2.60. The topological polar surface area (TPSA) is 84.4 Å². The van der Waals surface area contributed by atoms with Gasteiger partial charge in [0.1, 0.15) is 12.0 Å². The Hall–Kier alpha value is -2.53. The van der Waals surface area contributed by atoms with Gasteiger partial charge < -0.3 is 9.64 Å². The van der Waals surface area contributed by atoms with Crippen LogP contribution in [0.5, 0.6) is 0 Å². The molecule has 3 aliphatic rings. The van der Waals surface area contributed by atoms with Crippen LogP contribution in [0.2, 0.25) is 0 Å². The van der Waals surface area contributed by atoms with Crippen LogP contribution in [0.25, 0.3) is 0 Å². The van der Waals surface area contributed by atoms with Crippen LogP contribution in [-0.2, 0) is 14.9 Å². The van der Waals surface area contributed by atoms with Crippen LogP contribution < -0.4 is 10.2 Å². The van der Waals surface area contributed by atoms with E-state index < -0.39 is 41.2 Å². The molecule has 1 aromatic rings. The predicted octanol–water partition coefficient (Wildman–Crippen LogP) is 4.96. The minimum atomic E-state index is -4.46. The molecule has 0 aromatic carbocycles. The van der Waals surface area contributed by atoms with Gasteiger partial charge in [-0.2, -0.15) is 13.2 Å². The lowest BCUT2D eigenvalue weighted by Gasteiger charge is -2.48. The Bertz CT molecular complexity index is 981. The van der Waals surface area contributed by atoms with Crippen molar-refractivity contribution in [2.45, 2.75) is 82.3 Å². The van der Waals surface area contributed by atoms with Crippen molar-refractivity contribution in [3.63, 3.8) is 0 Å². The Balaban J connectivity index is 1.59. The molecule has 0 radical (unpaired) electrons. The summed E-state index contributed by atoms with van der Waals surface area (Å²) in [5, 5.41) is 2.23. The molecule has 4 rings (SSSR count). The molecule has 0 unspecified atom stereocenters. The number of hydrogen-bond donors (Lipinski definition) is 1. The van der Waals surface area contributed by atoms with Crippen LogP contribution in [0.15, 0.2) is 6.20 Å². The van der Waals surface area contributed by atoms with E-state index in [-0.39, 0.29) is 50.4 Å². The number of ether oxygens (including phenoxy) is 1. The monoisotopic (exact) mass is 476 g/mol. The van der Waals surface area contributed by atoms with Crippen molar-refractivity contribution in [3.8, 4) is 0 Å². The third-order valence-electron chi connectivity index (χ3n) is 7.49. The smallest absolute Gasteiger partial charge is 0.414 e. The highest BCUT2D eigenvalue weighted by Gasteiger charge is 2.64. The number of carbonyl (C=O) groups excluding carboxylic acids is 2. The molecule has 12 heteroatoms. The van der Waals surface area contributed by atoms with Crippen molar-refractivity contribution in [3.05, 3.63) is 11.9 Å². The number of rotatable bonds is 3. The molecule has 2 aliphatic carbocycles. The maximum atomic E-state index is 14.0. The van der Waals surface area contributed by atoms with E-state index >= 15 is 0 Å². The normalized spacial score (nSPS) is 23.7. The lowest BCUT2D eigenvalue weighted by Crippen LogP contribution is -2.57. The van der Waals surface area contributed by atoms with Crippen molar-refractivity contribution in [2.24, 2.45) is 5.41 Å². The van der Waals surface area contributed by atoms with Crippen LogP contribution >= 0.6 is 0 Å². The van der Waals surface area contributed by atoms with Gasteiger partial charge in [0.15, 0.2) is 0 Å². The van der Waals surface area contributed by atoms with Gasteiger partial charge in [-0.3, -0.25) is 10.1 Å². The molecule has 182 valence electrons. The maximum Gasteiger partial charge on any atom is 0.414 e. The van der Waals surface area contributed by atoms with Crippen molar-refractivity contribution < 1.29 is 36.3 Å². The SMILES string of the molecule is CC(=O)N1c2cnc(NC(=O)OCC3(C(F)(F)F)CC3)nc2C2(CCC(F)(F)CC2)C1(C)C. The minimum Gasteiger partial charge on any atom is -0.448 e. The summed E-state index contributed by atoms with van der Waals surface area (Å²) in [6.45, 7) is 4.12. The van der Waals surface area contributed by atoms with Crippen LogP contribution in [0.1, 0.15) is 65.0 Å². The van der Waals surface area contributed by atoms with Crippen LogP contribution in [0, 0.1) is 5.41 Å². The number of anilines is 2. The molecule has 2 fully saturated rings. The van der Waals surface area contributed by atoms with Crippen LogP contribution in [0.3, 0.4) is 0 Å². The summed E-state index contributed by atoms with van der Waals surface area (Å²) < 4.78 is 71.8. The second-order valence-electron chi connectivity index (χ2n) is 9.76. The van der Waals surface area contributed by atoms with Crippen molar-refractivity contribution in [2.75, 3.05) is 16.8 Å². The fourth-order valence-corrected chi connectivity index (χ4v) is 5.20. The molecule has 0 bridgehead atoms. The molecular formula is C21H25F5N4O3. The lowest BCUT2D eigenvalue weighted by molar-refractivity contribution is -0.196. The second-order valence-corrected chi connectivity index (χ2v) is 9.76. The summed E-state index contributed by atoms with van der Waals surface area (Å²) in [4.78, 5) is 34.4. The Kier molecular flexibility index (Phi) is 5.18. The second kappa shape index (κ2) is 7.23. The summed E-state index contributed by atoms with van der Waals surface area (Å²) in [5.41, 5.74) is -3.06. The van der Waals surface area contributed by atoms with Gasteiger partial charge in [-0.25, -0.2) is 23.5 Å². The van der Waals surface area contributed by atoms with E-state index in [0.717, 1.165) is 0 Å². The van der Waals surface area contributed by atoms with E-state index in [1.54, 1.807) is 13.8 Å². The van der Waals surface area contributed by atoms with E-state index in [2.05, 4.69) is 15.3 Å². The molecule has 1 N–H and O–H groups in total. The number of aromatic nitrogens is 2. The van der Waals surface area contributed by atoms with Crippen molar-refractivity contribution >= 4 is 23.6 Å². The van der Waals surface area contributed by atoms with Gasteiger partial charge in [0.05, 0.1) is 23.1 Å². The van der Waals surface area contributed by atoms with Gasteiger partial charge in [0.25, 0.3) is 0 Å². The van der Waals surface area contributed by atoms with Crippen LogP contribution in [-0.4, -0.2) is 46.2 Å². The molecule has 0 saturated heterocycles. The zero-order valence-corrected chi connectivity index (χ0v) is 18.5. The third-order valence-corrected chi connectivity index (χ3v) is 7.49. The number of hydrogen-bond acceptors (Lipinski definition) is 5. The van der Waals surface area contributed by atoms with Gasteiger partial charge in [-0.15, -0.1) is 0 Å². The summed E-state index contributed by atoms with van der Waals surface area (Å²) in [6, 6.07) is 0. The first-order chi connectivity index (χ1) is 15.1. The summed E-state index contributed by atoms with van der Waals surface area (Å²) >= 11 is 0. The molecule has 1 aromatic heterocycles. The molecule has 2 heterocycles. The highest BCUT2D eigenvalue weighted by molar-refractivity contribution is 5.96. The Labute approximate surface area is 187 Å². The quantitative estimate of drug-likeness (QED) is 0.624. The average molecular weight is 476 g/mol. The molecular weight excluding hydrogens is 451 g/mol.